The summed E-state index contributed by atoms with van der Waals surface area (Å²) in [4.78, 5) is 32.5. The van der Waals surface area contributed by atoms with E-state index in [4.69, 9.17) is 9.72 Å². The molecule has 28 heavy (non-hydrogen) atoms. The summed E-state index contributed by atoms with van der Waals surface area (Å²) >= 11 is 1.37. The Balaban J connectivity index is 1.59. The fourth-order valence-electron chi connectivity index (χ4n) is 4.09. The molecule has 2 fully saturated rings. The summed E-state index contributed by atoms with van der Waals surface area (Å²) in [6.07, 6.45) is 5.33. The molecule has 4 rings (SSSR count). The van der Waals surface area contributed by atoms with Gasteiger partial charge in [-0.15, -0.1) is 0 Å². The van der Waals surface area contributed by atoms with Gasteiger partial charge in [-0.2, -0.15) is 0 Å². The molecule has 0 spiro atoms. The van der Waals surface area contributed by atoms with E-state index in [0.717, 1.165) is 38.8 Å². The van der Waals surface area contributed by atoms with Gasteiger partial charge in [0.1, 0.15) is 0 Å². The van der Waals surface area contributed by atoms with Gasteiger partial charge in [-0.3, -0.25) is 14.2 Å². The fraction of sp³-hybridized carbons (Fsp3) is 0.571. The molecule has 0 unspecified atom stereocenters. The molecular formula is C21H27N3O3S. The van der Waals surface area contributed by atoms with Crippen LogP contribution in [0.15, 0.2) is 34.2 Å². The Morgan fingerprint density at radius 3 is 2.89 bits per heavy atom. The van der Waals surface area contributed by atoms with Crippen molar-refractivity contribution < 1.29 is 9.53 Å². The summed E-state index contributed by atoms with van der Waals surface area (Å²) in [7, 11) is 0. The van der Waals surface area contributed by atoms with Crippen LogP contribution >= 0.6 is 11.8 Å². The number of para-hydroxylation sites is 1. The van der Waals surface area contributed by atoms with Gasteiger partial charge in [-0.05, 0) is 51.2 Å². The summed E-state index contributed by atoms with van der Waals surface area (Å²) < 4.78 is 7.45. The van der Waals surface area contributed by atoms with Gasteiger partial charge in [-0.25, -0.2) is 4.98 Å². The van der Waals surface area contributed by atoms with Crippen LogP contribution in [0.1, 0.15) is 39.0 Å². The van der Waals surface area contributed by atoms with Gasteiger partial charge in [0.2, 0.25) is 5.91 Å². The highest BCUT2D eigenvalue weighted by atomic mass is 32.2. The zero-order valence-electron chi connectivity index (χ0n) is 16.3. The number of rotatable bonds is 5. The van der Waals surface area contributed by atoms with Crippen LogP contribution in [0.3, 0.4) is 0 Å². The van der Waals surface area contributed by atoms with Gasteiger partial charge >= 0.3 is 0 Å². The standard InChI is InChI=1S/C21H27N3O3S/c1-15-7-4-5-11-23(15)19(25)14-28-21-22-18-10-3-2-9-17(18)20(26)24(21)13-16-8-6-12-27-16/h2-3,9-10,15-16H,4-8,11-14H2,1H3/t15-,16+/m0/s1. The van der Waals surface area contributed by atoms with E-state index in [1.54, 1.807) is 4.57 Å². The quantitative estimate of drug-likeness (QED) is 0.569. The molecule has 7 heteroatoms. The monoisotopic (exact) mass is 401 g/mol. The number of piperidine rings is 1. The topological polar surface area (TPSA) is 64.4 Å². The fourth-order valence-corrected chi connectivity index (χ4v) is 4.98. The second-order valence-corrected chi connectivity index (χ2v) is 8.63. The van der Waals surface area contributed by atoms with Crippen molar-refractivity contribution in [1.29, 1.82) is 0 Å². The molecule has 2 aliphatic rings. The highest BCUT2D eigenvalue weighted by Gasteiger charge is 2.25. The van der Waals surface area contributed by atoms with Crippen molar-refractivity contribution in [2.75, 3.05) is 18.9 Å². The zero-order chi connectivity index (χ0) is 19.5. The first-order chi connectivity index (χ1) is 13.6. The number of aromatic nitrogens is 2. The van der Waals surface area contributed by atoms with Gasteiger partial charge in [0.15, 0.2) is 5.16 Å². The second kappa shape index (κ2) is 8.66. The van der Waals surface area contributed by atoms with Gasteiger partial charge in [0, 0.05) is 19.2 Å². The maximum absolute atomic E-state index is 13.1. The van der Waals surface area contributed by atoms with Crippen molar-refractivity contribution >= 4 is 28.6 Å². The number of hydrogen-bond acceptors (Lipinski definition) is 5. The van der Waals surface area contributed by atoms with Crippen LogP contribution in [-0.2, 0) is 16.1 Å². The van der Waals surface area contributed by atoms with Crippen LogP contribution in [0.2, 0.25) is 0 Å². The van der Waals surface area contributed by atoms with Gasteiger partial charge in [0.05, 0.1) is 29.3 Å². The van der Waals surface area contributed by atoms with Gasteiger partial charge in [0.25, 0.3) is 5.56 Å². The summed E-state index contributed by atoms with van der Waals surface area (Å²) in [5.74, 6) is 0.434. The molecule has 0 bridgehead atoms. The first-order valence-electron chi connectivity index (χ1n) is 10.2. The van der Waals surface area contributed by atoms with E-state index in [2.05, 4.69) is 6.92 Å². The van der Waals surface area contributed by atoms with Crippen LogP contribution in [0, 0.1) is 0 Å². The third-order valence-corrected chi connectivity index (χ3v) is 6.65. The molecular weight excluding hydrogens is 374 g/mol. The lowest BCUT2D eigenvalue weighted by molar-refractivity contribution is -0.131. The van der Waals surface area contributed by atoms with E-state index < -0.39 is 0 Å². The normalized spacial score (nSPS) is 22.7. The number of ether oxygens (including phenoxy) is 1. The maximum Gasteiger partial charge on any atom is 0.262 e. The Labute approximate surface area is 169 Å². The number of amides is 1. The van der Waals surface area contributed by atoms with Crippen LogP contribution in [0.4, 0.5) is 0 Å². The Hall–Kier alpha value is -1.86. The van der Waals surface area contributed by atoms with E-state index in [1.807, 2.05) is 29.2 Å². The number of carbonyl (C=O) groups excluding carboxylic acids is 1. The average molecular weight is 402 g/mol. The molecule has 2 saturated heterocycles. The minimum Gasteiger partial charge on any atom is -0.376 e. The summed E-state index contributed by atoms with van der Waals surface area (Å²) in [6, 6.07) is 7.70. The van der Waals surface area contributed by atoms with E-state index in [9.17, 15) is 9.59 Å². The third-order valence-electron chi connectivity index (χ3n) is 5.68. The average Bonchev–Trinajstić information content (AvgIpc) is 3.22. The number of hydrogen-bond donors (Lipinski definition) is 0. The van der Waals surface area contributed by atoms with Crippen LogP contribution < -0.4 is 5.56 Å². The molecule has 2 atom stereocenters. The molecule has 0 saturated carbocycles. The van der Waals surface area contributed by atoms with Crippen molar-refractivity contribution in [1.82, 2.24) is 14.5 Å². The van der Waals surface area contributed by atoms with E-state index in [0.29, 0.717) is 34.4 Å². The Morgan fingerprint density at radius 2 is 2.11 bits per heavy atom. The number of fused-ring (bicyclic) bond motifs is 1. The van der Waals surface area contributed by atoms with Crippen LogP contribution in [0.5, 0.6) is 0 Å². The maximum atomic E-state index is 13.1. The van der Waals surface area contributed by atoms with Crippen LogP contribution in [-0.4, -0.2) is 51.4 Å². The molecule has 2 aliphatic heterocycles. The molecule has 1 aromatic carbocycles. The summed E-state index contributed by atoms with van der Waals surface area (Å²) in [5.41, 5.74) is 0.625. The van der Waals surface area contributed by atoms with Crippen molar-refractivity contribution in [2.24, 2.45) is 0 Å². The van der Waals surface area contributed by atoms with Crippen molar-refractivity contribution in [3.05, 3.63) is 34.6 Å². The van der Waals surface area contributed by atoms with E-state index in [-0.39, 0.29) is 17.6 Å². The summed E-state index contributed by atoms with van der Waals surface area (Å²) in [6.45, 7) is 4.18. The van der Waals surface area contributed by atoms with Crippen molar-refractivity contribution in [3.8, 4) is 0 Å². The lowest BCUT2D eigenvalue weighted by atomic mass is 10.0. The molecule has 1 amide bonds. The van der Waals surface area contributed by atoms with Gasteiger partial charge in [-0.1, -0.05) is 23.9 Å². The predicted octanol–water partition coefficient (Wildman–Crippen LogP) is 3.07. The van der Waals surface area contributed by atoms with Crippen molar-refractivity contribution in [2.45, 2.75) is 62.9 Å². The molecule has 6 nitrogen and oxygen atoms in total. The van der Waals surface area contributed by atoms with Crippen molar-refractivity contribution in [3.63, 3.8) is 0 Å². The van der Waals surface area contributed by atoms with Crippen LogP contribution in [0.25, 0.3) is 10.9 Å². The molecule has 0 aliphatic carbocycles. The number of carbonyl (C=O) groups is 1. The first-order valence-corrected chi connectivity index (χ1v) is 11.2. The zero-order valence-corrected chi connectivity index (χ0v) is 17.1. The third kappa shape index (κ3) is 4.10. The number of likely N-dealkylation sites (tertiary alicyclic amines) is 1. The molecule has 1 aromatic heterocycles. The summed E-state index contributed by atoms with van der Waals surface area (Å²) in [5, 5.41) is 1.22. The lowest BCUT2D eigenvalue weighted by Crippen LogP contribution is -2.43. The second-order valence-electron chi connectivity index (χ2n) is 7.68. The molecule has 0 N–H and O–H groups in total. The number of thioether (sulfide) groups is 1. The minimum absolute atomic E-state index is 0.0397. The Kier molecular flexibility index (Phi) is 6.01. The molecule has 2 aromatic rings. The number of benzene rings is 1. The molecule has 150 valence electrons. The Morgan fingerprint density at radius 1 is 1.25 bits per heavy atom. The SMILES string of the molecule is C[C@H]1CCCCN1C(=O)CSc1nc2ccccc2c(=O)n1C[C@H]1CCCO1. The first kappa shape index (κ1) is 19.5. The number of nitrogens with zero attached hydrogens (tertiary/aromatic N) is 3. The largest absolute Gasteiger partial charge is 0.376 e. The molecule has 3 heterocycles. The van der Waals surface area contributed by atoms with E-state index >= 15 is 0 Å². The Bertz CT molecular complexity index is 907. The molecule has 0 radical (unpaired) electrons. The smallest absolute Gasteiger partial charge is 0.262 e. The van der Waals surface area contributed by atoms with E-state index in [1.165, 1.54) is 18.2 Å². The highest BCUT2D eigenvalue weighted by molar-refractivity contribution is 7.99. The van der Waals surface area contributed by atoms with Gasteiger partial charge < -0.3 is 9.64 Å². The lowest BCUT2D eigenvalue weighted by Gasteiger charge is -2.33. The predicted molar refractivity (Wildman–Crippen MR) is 111 cm³/mol. The highest BCUT2D eigenvalue weighted by Crippen LogP contribution is 2.23. The minimum atomic E-state index is -0.0533.